The number of hydrogen-bond acceptors (Lipinski definition) is 4. The van der Waals surface area contributed by atoms with Crippen LogP contribution in [0.15, 0.2) is 40.9 Å². The van der Waals surface area contributed by atoms with Crippen LogP contribution in [0, 0.1) is 0 Å². The summed E-state index contributed by atoms with van der Waals surface area (Å²) in [6, 6.07) is 11.7. The van der Waals surface area contributed by atoms with E-state index in [-0.39, 0.29) is 0 Å². The summed E-state index contributed by atoms with van der Waals surface area (Å²) >= 11 is 0. The Labute approximate surface area is 125 Å². The molecule has 0 bridgehead atoms. The number of benzene rings is 1. The van der Waals surface area contributed by atoms with Crippen molar-refractivity contribution in [2.24, 2.45) is 0 Å². The third-order valence-corrected chi connectivity index (χ3v) is 4.10. The summed E-state index contributed by atoms with van der Waals surface area (Å²) in [5, 5.41) is 14.3. The summed E-state index contributed by atoms with van der Waals surface area (Å²) in [7, 11) is 0. The van der Waals surface area contributed by atoms with E-state index < -0.39 is 6.10 Å². The standard InChI is InChI=1S/C17H22N2O2/c20-16(9-12-19-10-5-2-6-11-19)15-13-17(21-18-15)14-7-3-1-4-8-14/h1,3-4,7-8,13,16,20H,2,5-6,9-12H2. The van der Waals surface area contributed by atoms with Gasteiger partial charge in [-0.1, -0.05) is 41.9 Å². The van der Waals surface area contributed by atoms with Crippen molar-refractivity contribution in [1.29, 1.82) is 0 Å². The van der Waals surface area contributed by atoms with E-state index in [0.29, 0.717) is 17.9 Å². The molecule has 2 heterocycles. The molecule has 4 heteroatoms. The van der Waals surface area contributed by atoms with Crippen molar-refractivity contribution in [2.45, 2.75) is 31.8 Å². The van der Waals surface area contributed by atoms with Gasteiger partial charge in [-0.2, -0.15) is 0 Å². The maximum absolute atomic E-state index is 10.3. The van der Waals surface area contributed by atoms with Gasteiger partial charge in [0, 0.05) is 18.2 Å². The van der Waals surface area contributed by atoms with Crippen molar-refractivity contribution >= 4 is 0 Å². The van der Waals surface area contributed by atoms with Crippen molar-refractivity contribution in [1.82, 2.24) is 10.1 Å². The lowest BCUT2D eigenvalue weighted by molar-refractivity contribution is 0.127. The molecule has 1 atom stereocenters. The van der Waals surface area contributed by atoms with Gasteiger partial charge in [-0.3, -0.25) is 0 Å². The van der Waals surface area contributed by atoms with E-state index in [9.17, 15) is 5.11 Å². The normalized spacial score (nSPS) is 17.8. The minimum Gasteiger partial charge on any atom is -0.387 e. The Kier molecular flexibility index (Phi) is 4.68. The maximum Gasteiger partial charge on any atom is 0.167 e. The summed E-state index contributed by atoms with van der Waals surface area (Å²) in [5.41, 5.74) is 1.62. The predicted octanol–water partition coefficient (Wildman–Crippen LogP) is 3.25. The highest BCUT2D eigenvalue weighted by Gasteiger charge is 2.17. The molecule has 1 aromatic heterocycles. The topological polar surface area (TPSA) is 49.5 Å². The lowest BCUT2D eigenvalue weighted by atomic mass is 10.1. The van der Waals surface area contributed by atoms with Gasteiger partial charge >= 0.3 is 0 Å². The summed E-state index contributed by atoms with van der Waals surface area (Å²) in [6.07, 6.45) is 4.05. The molecule has 1 aliphatic rings. The zero-order valence-corrected chi connectivity index (χ0v) is 12.2. The first-order valence-electron chi connectivity index (χ1n) is 7.75. The van der Waals surface area contributed by atoms with E-state index >= 15 is 0 Å². The number of nitrogens with zero attached hydrogens (tertiary/aromatic N) is 2. The summed E-state index contributed by atoms with van der Waals surface area (Å²) in [5.74, 6) is 0.711. The summed E-state index contributed by atoms with van der Waals surface area (Å²) in [4.78, 5) is 2.42. The molecule has 1 aromatic carbocycles. The SMILES string of the molecule is OC(CCN1CCCCC1)c1cc(-c2ccccc2)on1. The van der Waals surface area contributed by atoms with Crippen molar-refractivity contribution in [3.05, 3.63) is 42.1 Å². The maximum atomic E-state index is 10.3. The van der Waals surface area contributed by atoms with E-state index in [1.807, 2.05) is 36.4 Å². The lowest BCUT2D eigenvalue weighted by Gasteiger charge is -2.26. The Morgan fingerprint density at radius 3 is 2.67 bits per heavy atom. The molecule has 1 saturated heterocycles. The van der Waals surface area contributed by atoms with Crippen LogP contribution < -0.4 is 0 Å². The smallest absolute Gasteiger partial charge is 0.167 e. The van der Waals surface area contributed by atoms with E-state index in [2.05, 4.69) is 10.1 Å². The molecule has 3 rings (SSSR count). The zero-order chi connectivity index (χ0) is 14.5. The number of aromatic nitrogens is 1. The van der Waals surface area contributed by atoms with Crippen LogP contribution in [0.2, 0.25) is 0 Å². The van der Waals surface area contributed by atoms with Crippen LogP contribution in [0.25, 0.3) is 11.3 Å². The average molecular weight is 286 g/mol. The van der Waals surface area contributed by atoms with Gasteiger partial charge < -0.3 is 14.5 Å². The molecular weight excluding hydrogens is 264 g/mol. The van der Waals surface area contributed by atoms with E-state index in [0.717, 1.165) is 25.2 Å². The molecule has 1 unspecified atom stereocenters. The number of aliphatic hydroxyl groups excluding tert-OH is 1. The number of hydrogen-bond donors (Lipinski definition) is 1. The molecule has 1 aliphatic heterocycles. The van der Waals surface area contributed by atoms with Crippen molar-refractivity contribution in [3.8, 4) is 11.3 Å². The fourth-order valence-corrected chi connectivity index (χ4v) is 2.82. The van der Waals surface area contributed by atoms with Gasteiger partial charge in [0.25, 0.3) is 0 Å². The van der Waals surface area contributed by atoms with Crippen LogP contribution in [-0.2, 0) is 0 Å². The average Bonchev–Trinajstić information content (AvgIpc) is 3.04. The van der Waals surface area contributed by atoms with Gasteiger partial charge in [0.05, 0.1) is 0 Å². The molecule has 1 N–H and O–H groups in total. The van der Waals surface area contributed by atoms with Crippen LogP contribution in [0.4, 0.5) is 0 Å². The quantitative estimate of drug-likeness (QED) is 0.916. The lowest BCUT2D eigenvalue weighted by Crippen LogP contribution is -2.31. The Balaban J connectivity index is 1.57. The van der Waals surface area contributed by atoms with Crippen molar-refractivity contribution in [2.75, 3.05) is 19.6 Å². The molecular formula is C17H22N2O2. The third kappa shape index (κ3) is 3.71. The molecule has 0 amide bonds. The molecule has 21 heavy (non-hydrogen) atoms. The van der Waals surface area contributed by atoms with Crippen LogP contribution in [0.3, 0.4) is 0 Å². The fourth-order valence-electron chi connectivity index (χ4n) is 2.82. The van der Waals surface area contributed by atoms with Gasteiger partial charge in [-0.15, -0.1) is 0 Å². The zero-order valence-electron chi connectivity index (χ0n) is 12.2. The minimum atomic E-state index is -0.548. The highest BCUT2D eigenvalue weighted by Crippen LogP contribution is 2.24. The van der Waals surface area contributed by atoms with E-state index in [1.165, 1.54) is 19.3 Å². The van der Waals surface area contributed by atoms with Gasteiger partial charge in [0.2, 0.25) is 0 Å². The van der Waals surface area contributed by atoms with Crippen LogP contribution in [0.1, 0.15) is 37.5 Å². The summed E-state index contributed by atoms with van der Waals surface area (Å²) in [6.45, 7) is 3.23. The predicted molar refractivity (Wildman–Crippen MR) is 81.8 cm³/mol. The van der Waals surface area contributed by atoms with Crippen LogP contribution >= 0.6 is 0 Å². The first-order chi connectivity index (χ1) is 10.3. The Hall–Kier alpha value is -1.65. The number of rotatable bonds is 5. The second kappa shape index (κ2) is 6.87. The Morgan fingerprint density at radius 2 is 1.90 bits per heavy atom. The molecule has 112 valence electrons. The van der Waals surface area contributed by atoms with Gasteiger partial charge in [-0.05, 0) is 32.4 Å². The highest BCUT2D eigenvalue weighted by atomic mass is 16.5. The third-order valence-electron chi connectivity index (χ3n) is 4.10. The van der Waals surface area contributed by atoms with Crippen LogP contribution in [-0.4, -0.2) is 34.8 Å². The first-order valence-corrected chi connectivity index (χ1v) is 7.75. The number of piperidine rings is 1. The van der Waals surface area contributed by atoms with E-state index in [4.69, 9.17) is 4.52 Å². The number of likely N-dealkylation sites (tertiary alicyclic amines) is 1. The molecule has 2 aromatic rings. The Bertz CT molecular complexity index is 547. The molecule has 0 spiro atoms. The fraction of sp³-hybridized carbons (Fsp3) is 0.471. The molecule has 4 nitrogen and oxygen atoms in total. The monoisotopic (exact) mass is 286 g/mol. The largest absolute Gasteiger partial charge is 0.387 e. The highest BCUT2D eigenvalue weighted by molar-refractivity contribution is 5.56. The minimum absolute atomic E-state index is 0.548. The second-order valence-electron chi connectivity index (χ2n) is 5.69. The first kappa shape index (κ1) is 14.3. The molecule has 0 saturated carbocycles. The molecule has 0 aliphatic carbocycles. The van der Waals surface area contributed by atoms with Gasteiger partial charge in [-0.25, -0.2) is 0 Å². The molecule has 1 fully saturated rings. The Morgan fingerprint density at radius 1 is 1.14 bits per heavy atom. The van der Waals surface area contributed by atoms with Crippen LogP contribution in [0.5, 0.6) is 0 Å². The summed E-state index contributed by atoms with van der Waals surface area (Å²) < 4.78 is 5.34. The second-order valence-corrected chi connectivity index (χ2v) is 5.69. The number of aliphatic hydroxyl groups is 1. The van der Waals surface area contributed by atoms with Crippen molar-refractivity contribution in [3.63, 3.8) is 0 Å². The van der Waals surface area contributed by atoms with Crippen molar-refractivity contribution < 1.29 is 9.63 Å². The van der Waals surface area contributed by atoms with E-state index in [1.54, 1.807) is 0 Å². The van der Waals surface area contributed by atoms with Gasteiger partial charge in [0.1, 0.15) is 11.8 Å². The molecule has 0 radical (unpaired) electrons. The van der Waals surface area contributed by atoms with Gasteiger partial charge in [0.15, 0.2) is 5.76 Å².